The SMILES string of the molecule is COc1ccc(OC)c(N2C[C@H](C(=O)N(C)CC(=O)Nc3cc(C)on3)CC2=O)c1. The molecule has 10 heteroatoms. The largest absolute Gasteiger partial charge is 0.497 e. The van der Waals surface area contributed by atoms with E-state index in [-0.39, 0.29) is 37.1 Å². The Labute approximate surface area is 173 Å². The Morgan fingerprint density at radius 2 is 2.07 bits per heavy atom. The summed E-state index contributed by atoms with van der Waals surface area (Å²) in [6.45, 7) is 1.73. The van der Waals surface area contributed by atoms with Gasteiger partial charge in [-0.25, -0.2) is 0 Å². The zero-order chi connectivity index (χ0) is 21.8. The number of methoxy groups -OCH3 is 2. The van der Waals surface area contributed by atoms with Gasteiger partial charge in [-0.15, -0.1) is 0 Å². The molecular weight excluding hydrogens is 392 g/mol. The predicted molar refractivity (Wildman–Crippen MR) is 108 cm³/mol. The van der Waals surface area contributed by atoms with E-state index >= 15 is 0 Å². The smallest absolute Gasteiger partial charge is 0.245 e. The van der Waals surface area contributed by atoms with Gasteiger partial charge in [0.1, 0.15) is 17.3 Å². The molecule has 2 aromatic rings. The summed E-state index contributed by atoms with van der Waals surface area (Å²) >= 11 is 0. The van der Waals surface area contributed by atoms with Crippen molar-refractivity contribution in [1.82, 2.24) is 10.1 Å². The van der Waals surface area contributed by atoms with E-state index in [1.807, 2.05) is 0 Å². The second kappa shape index (κ2) is 8.85. The molecule has 1 aromatic carbocycles. The van der Waals surface area contributed by atoms with Crippen LogP contribution < -0.4 is 19.7 Å². The number of hydrogen-bond acceptors (Lipinski definition) is 7. The number of nitrogens with zero attached hydrogens (tertiary/aromatic N) is 3. The van der Waals surface area contributed by atoms with Crippen molar-refractivity contribution in [2.24, 2.45) is 5.92 Å². The molecular formula is C20H24N4O6. The topological polar surface area (TPSA) is 114 Å². The van der Waals surface area contributed by atoms with Crippen LogP contribution in [-0.4, -0.2) is 62.1 Å². The van der Waals surface area contributed by atoms with Gasteiger partial charge in [0.25, 0.3) is 0 Å². The maximum absolute atomic E-state index is 12.8. The highest BCUT2D eigenvalue weighted by atomic mass is 16.5. The van der Waals surface area contributed by atoms with Gasteiger partial charge in [0, 0.05) is 32.1 Å². The fourth-order valence-electron chi connectivity index (χ4n) is 3.33. The standard InChI is InChI=1S/C20H24N4O6/c1-12-7-17(22-30-12)21-18(25)11-23(2)20(27)13-8-19(26)24(10-13)15-9-14(28-3)5-6-16(15)29-4/h5-7,9,13H,8,10-11H2,1-4H3,(H,21,22,25)/t13-/m1/s1. The molecule has 2 heterocycles. The molecule has 30 heavy (non-hydrogen) atoms. The van der Waals surface area contributed by atoms with Crippen LogP contribution in [0.25, 0.3) is 0 Å². The van der Waals surface area contributed by atoms with E-state index < -0.39 is 11.8 Å². The number of hydrogen-bond donors (Lipinski definition) is 1. The van der Waals surface area contributed by atoms with Crippen LogP contribution in [-0.2, 0) is 14.4 Å². The first-order valence-corrected chi connectivity index (χ1v) is 9.33. The highest BCUT2D eigenvalue weighted by Crippen LogP contribution is 2.36. The monoisotopic (exact) mass is 416 g/mol. The van der Waals surface area contributed by atoms with Crippen LogP contribution in [0.3, 0.4) is 0 Å². The third-order valence-electron chi connectivity index (χ3n) is 4.80. The molecule has 1 aromatic heterocycles. The summed E-state index contributed by atoms with van der Waals surface area (Å²) in [7, 11) is 4.57. The van der Waals surface area contributed by atoms with Gasteiger partial charge in [0.15, 0.2) is 5.82 Å². The van der Waals surface area contributed by atoms with Crippen LogP contribution >= 0.6 is 0 Å². The van der Waals surface area contributed by atoms with Gasteiger partial charge in [-0.3, -0.25) is 14.4 Å². The van der Waals surface area contributed by atoms with Gasteiger partial charge < -0.3 is 29.1 Å². The minimum absolute atomic E-state index is 0.0492. The molecule has 3 rings (SSSR count). The average molecular weight is 416 g/mol. The molecule has 10 nitrogen and oxygen atoms in total. The summed E-state index contributed by atoms with van der Waals surface area (Å²) in [6, 6.07) is 6.71. The zero-order valence-electron chi connectivity index (χ0n) is 17.3. The first kappa shape index (κ1) is 21.2. The summed E-state index contributed by atoms with van der Waals surface area (Å²) in [5.74, 6) is 0.460. The van der Waals surface area contributed by atoms with Gasteiger partial charge in [-0.05, 0) is 19.1 Å². The summed E-state index contributed by atoms with van der Waals surface area (Å²) in [4.78, 5) is 40.4. The van der Waals surface area contributed by atoms with Gasteiger partial charge in [0.05, 0.1) is 32.4 Å². The van der Waals surface area contributed by atoms with Crippen LogP contribution in [0.4, 0.5) is 11.5 Å². The first-order valence-electron chi connectivity index (χ1n) is 9.33. The molecule has 3 amide bonds. The third-order valence-corrected chi connectivity index (χ3v) is 4.80. The van der Waals surface area contributed by atoms with Crippen molar-refractivity contribution < 1.29 is 28.4 Å². The van der Waals surface area contributed by atoms with Crippen LogP contribution in [0.5, 0.6) is 11.5 Å². The molecule has 1 atom stereocenters. The van der Waals surface area contributed by atoms with Crippen molar-refractivity contribution in [3.05, 3.63) is 30.0 Å². The number of aromatic nitrogens is 1. The van der Waals surface area contributed by atoms with Gasteiger partial charge >= 0.3 is 0 Å². The van der Waals surface area contributed by atoms with E-state index in [1.165, 1.54) is 31.1 Å². The number of benzene rings is 1. The molecule has 0 bridgehead atoms. The van der Waals surface area contributed by atoms with E-state index in [4.69, 9.17) is 14.0 Å². The summed E-state index contributed by atoms with van der Waals surface area (Å²) < 4.78 is 15.5. The van der Waals surface area contributed by atoms with E-state index in [0.29, 0.717) is 22.9 Å². The molecule has 1 saturated heterocycles. The Morgan fingerprint density at radius 3 is 2.70 bits per heavy atom. The second-order valence-corrected chi connectivity index (χ2v) is 7.01. The maximum atomic E-state index is 12.8. The Hall–Kier alpha value is -3.56. The normalized spacial score (nSPS) is 15.8. The average Bonchev–Trinajstić information content (AvgIpc) is 3.31. The molecule has 1 fully saturated rings. The zero-order valence-corrected chi connectivity index (χ0v) is 17.3. The maximum Gasteiger partial charge on any atom is 0.245 e. The lowest BCUT2D eigenvalue weighted by atomic mass is 10.1. The Morgan fingerprint density at radius 1 is 1.30 bits per heavy atom. The molecule has 1 N–H and O–H groups in total. The quantitative estimate of drug-likeness (QED) is 0.727. The Balaban J connectivity index is 1.65. The predicted octanol–water partition coefficient (Wildman–Crippen LogP) is 1.45. The molecule has 0 aliphatic carbocycles. The van der Waals surface area contributed by atoms with Crippen molar-refractivity contribution in [1.29, 1.82) is 0 Å². The van der Waals surface area contributed by atoms with Crippen molar-refractivity contribution in [2.75, 3.05) is 44.6 Å². The third kappa shape index (κ3) is 4.53. The second-order valence-electron chi connectivity index (χ2n) is 7.01. The number of ether oxygens (including phenoxy) is 2. The van der Waals surface area contributed by atoms with E-state index in [2.05, 4.69) is 10.5 Å². The van der Waals surface area contributed by atoms with Gasteiger partial charge in [0.2, 0.25) is 17.7 Å². The fourth-order valence-corrected chi connectivity index (χ4v) is 3.33. The minimum Gasteiger partial charge on any atom is -0.497 e. The van der Waals surface area contributed by atoms with E-state index in [0.717, 1.165) is 0 Å². The Bertz CT molecular complexity index is 957. The molecule has 0 saturated carbocycles. The van der Waals surface area contributed by atoms with Crippen LogP contribution in [0.1, 0.15) is 12.2 Å². The highest BCUT2D eigenvalue weighted by molar-refractivity contribution is 6.02. The molecule has 0 spiro atoms. The van der Waals surface area contributed by atoms with E-state index in [1.54, 1.807) is 31.2 Å². The summed E-state index contributed by atoms with van der Waals surface area (Å²) in [5.41, 5.74) is 0.541. The number of carbonyl (C=O) groups excluding carboxylic acids is 3. The van der Waals surface area contributed by atoms with Crippen molar-refractivity contribution in [3.63, 3.8) is 0 Å². The summed E-state index contributed by atoms with van der Waals surface area (Å²) in [6.07, 6.45) is 0.0492. The van der Waals surface area contributed by atoms with Gasteiger partial charge in [-0.2, -0.15) is 0 Å². The number of aryl methyl sites for hydroxylation is 1. The molecule has 1 aliphatic heterocycles. The summed E-state index contributed by atoms with van der Waals surface area (Å²) in [5, 5.41) is 6.25. The molecule has 160 valence electrons. The van der Waals surface area contributed by atoms with Crippen molar-refractivity contribution in [2.45, 2.75) is 13.3 Å². The van der Waals surface area contributed by atoms with Crippen molar-refractivity contribution >= 4 is 29.2 Å². The van der Waals surface area contributed by atoms with Crippen molar-refractivity contribution in [3.8, 4) is 11.5 Å². The molecule has 0 unspecified atom stereocenters. The minimum atomic E-state index is -0.569. The van der Waals surface area contributed by atoms with Crippen LogP contribution in [0.2, 0.25) is 0 Å². The van der Waals surface area contributed by atoms with Gasteiger partial charge in [-0.1, -0.05) is 5.16 Å². The highest BCUT2D eigenvalue weighted by Gasteiger charge is 2.38. The lowest BCUT2D eigenvalue weighted by Gasteiger charge is -2.22. The number of likely N-dealkylation sites (N-methyl/N-ethyl adjacent to an activating group) is 1. The molecule has 0 radical (unpaired) electrons. The number of rotatable bonds is 7. The first-order chi connectivity index (χ1) is 14.3. The lowest BCUT2D eigenvalue weighted by Crippen LogP contribution is -2.39. The van der Waals surface area contributed by atoms with Crippen LogP contribution in [0.15, 0.2) is 28.8 Å². The molecule has 1 aliphatic rings. The number of anilines is 2. The van der Waals surface area contributed by atoms with Crippen LogP contribution in [0, 0.1) is 12.8 Å². The number of amides is 3. The Kier molecular flexibility index (Phi) is 6.24. The lowest BCUT2D eigenvalue weighted by molar-refractivity contribution is -0.137. The van der Waals surface area contributed by atoms with E-state index in [9.17, 15) is 14.4 Å². The fraction of sp³-hybridized carbons (Fsp3) is 0.400. The number of carbonyl (C=O) groups is 3. The number of nitrogens with one attached hydrogen (secondary N) is 1.